The van der Waals surface area contributed by atoms with Crippen LogP contribution in [0.25, 0.3) is 0 Å². The third kappa shape index (κ3) is 10.7. The molecule has 0 aliphatic rings. The fourth-order valence-electron chi connectivity index (χ4n) is 1.60. The van der Waals surface area contributed by atoms with Gasteiger partial charge in [0.15, 0.2) is 0 Å². The third-order valence-electron chi connectivity index (χ3n) is 2.56. The van der Waals surface area contributed by atoms with Gasteiger partial charge in [-0.25, -0.2) is 0 Å². The summed E-state index contributed by atoms with van der Waals surface area (Å²) in [6, 6.07) is 0. The quantitative estimate of drug-likeness (QED) is 0.482. The minimum absolute atomic E-state index is 0. The first-order valence-electron chi connectivity index (χ1n) is 5.74. The molecule has 0 amide bonds. The molecule has 0 aliphatic carbocycles. The Balaban J connectivity index is 0. The van der Waals surface area contributed by atoms with Gasteiger partial charge in [0.05, 0.1) is 5.92 Å². The Morgan fingerprint density at radius 2 is 1.80 bits per heavy atom. The monoisotopic (exact) mass is 223 g/mol. The summed E-state index contributed by atoms with van der Waals surface area (Å²) in [5.41, 5.74) is 0. The van der Waals surface area contributed by atoms with Crippen LogP contribution in [0.4, 0.5) is 0 Å². The zero-order valence-corrected chi connectivity index (χ0v) is 9.30. The molecule has 0 aromatic heterocycles. The fourth-order valence-corrected chi connectivity index (χ4v) is 1.60. The summed E-state index contributed by atoms with van der Waals surface area (Å²) in [7, 11) is 0. The van der Waals surface area contributed by atoms with Crippen LogP contribution in [0.2, 0.25) is 0 Å². The number of carbonyl (C=O) groups is 1. The van der Waals surface area contributed by atoms with Gasteiger partial charge in [-0.15, -0.1) is 0 Å². The Hall–Kier alpha value is 0.470. The molecule has 3 heteroatoms. The fraction of sp³-hybridized carbons (Fsp3) is 0.833. The van der Waals surface area contributed by atoms with E-state index in [0.29, 0.717) is 0 Å². The number of hydrogen-bond donors (Lipinski definition) is 1. The number of carboxylic acid groups (broad SMARTS) is 1. The summed E-state index contributed by atoms with van der Waals surface area (Å²) in [5, 5.41) is 8.94. The first-order chi connectivity index (χ1) is 6.72. The van der Waals surface area contributed by atoms with Crippen molar-refractivity contribution in [3.63, 3.8) is 0 Å². The van der Waals surface area contributed by atoms with Gasteiger partial charge in [-0.1, -0.05) is 52.4 Å². The molecule has 1 radical (unpaired) electrons. The average molecular weight is 223 g/mol. The van der Waals surface area contributed by atoms with Crippen LogP contribution in [0.15, 0.2) is 0 Å². The molecule has 0 heterocycles. The molecule has 1 unspecified atom stereocenters. The van der Waals surface area contributed by atoms with Crippen molar-refractivity contribution < 1.29 is 9.90 Å². The number of carboxylic acids is 1. The molecule has 0 fully saturated rings. The topological polar surface area (TPSA) is 37.3 Å². The summed E-state index contributed by atoms with van der Waals surface area (Å²) in [4.78, 5) is 10.8. The van der Waals surface area contributed by atoms with Gasteiger partial charge in [0.1, 0.15) is 0 Å². The summed E-state index contributed by atoms with van der Waals surface area (Å²) >= 11 is 0. The molecular formula is C12H24NaO2. The molecule has 0 rings (SSSR count). The second-order valence-electron chi connectivity index (χ2n) is 3.88. The van der Waals surface area contributed by atoms with E-state index in [4.69, 9.17) is 5.11 Å². The molecule has 1 N–H and O–H groups in total. The van der Waals surface area contributed by atoms with Gasteiger partial charge in [0, 0.05) is 0 Å². The van der Waals surface area contributed by atoms with E-state index in [1.165, 1.54) is 19.3 Å². The van der Waals surface area contributed by atoms with Crippen LogP contribution < -0.4 is 0 Å². The first kappa shape index (κ1) is 17.9. The number of aliphatic carboxylic acids is 1. The van der Waals surface area contributed by atoms with Gasteiger partial charge < -0.3 is 5.11 Å². The third-order valence-corrected chi connectivity index (χ3v) is 2.56. The molecule has 15 heavy (non-hydrogen) atoms. The molecule has 2 nitrogen and oxygen atoms in total. The summed E-state index contributed by atoms with van der Waals surface area (Å²) in [6.45, 7) is 5.90. The van der Waals surface area contributed by atoms with E-state index in [2.05, 4.69) is 13.8 Å². The molecule has 0 saturated heterocycles. The molecule has 0 aromatic rings. The van der Waals surface area contributed by atoms with Gasteiger partial charge in [0.25, 0.3) is 0 Å². The molecule has 0 aliphatic heterocycles. The van der Waals surface area contributed by atoms with Crippen LogP contribution in [-0.4, -0.2) is 40.6 Å². The van der Waals surface area contributed by atoms with Gasteiger partial charge in [-0.3, -0.25) is 4.79 Å². The van der Waals surface area contributed by atoms with Gasteiger partial charge in [-0.2, -0.15) is 0 Å². The Bertz CT molecular complexity index is 149. The molecule has 1 atom stereocenters. The molecule has 85 valence electrons. The zero-order valence-electron chi connectivity index (χ0n) is 9.30. The summed E-state index contributed by atoms with van der Waals surface area (Å²) in [5.74, 6) is -0.761. The van der Waals surface area contributed by atoms with Crippen molar-refractivity contribution in [2.45, 2.75) is 58.3 Å². The summed E-state index contributed by atoms with van der Waals surface area (Å²) < 4.78 is 0. The van der Waals surface area contributed by atoms with Gasteiger partial charge in [-0.05, 0) is 12.8 Å². The number of unbranched alkanes of at least 4 members (excludes halogenated alkanes) is 4. The van der Waals surface area contributed by atoms with E-state index in [1.54, 1.807) is 0 Å². The molecule has 0 saturated carbocycles. The Morgan fingerprint density at radius 3 is 2.27 bits per heavy atom. The van der Waals surface area contributed by atoms with E-state index in [0.717, 1.165) is 32.1 Å². The van der Waals surface area contributed by atoms with Crippen molar-refractivity contribution in [1.29, 1.82) is 0 Å². The van der Waals surface area contributed by atoms with E-state index in [1.807, 2.05) is 0 Å². The normalized spacial score (nSPS) is 11.9. The molecule has 0 spiro atoms. The molecule has 0 bridgehead atoms. The predicted molar refractivity (Wildman–Crippen MR) is 66.2 cm³/mol. The Morgan fingerprint density at radius 1 is 1.20 bits per heavy atom. The van der Waals surface area contributed by atoms with Crippen molar-refractivity contribution >= 4 is 35.5 Å². The van der Waals surface area contributed by atoms with Gasteiger partial charge >= 0.3 is 35.5 Å². The van der Waals surface area contributed by atoms with E-state index >= 15 is 0 Å². The zero-order chi connectivity index (χ0) is 10.8. The predicted octanol–water partition coefficient (Wildman–Crippen LogP) is 3.01. The summed E-state index contributed by atoms with van der Waals surface area (Å²) in [6.07, 6.45) is 8.08. The molecular weight excluding hydrogens is 199 g/mol. The second-order valence-corrected chi connectivity index (χ2v) is 3.88. The van der Waals surface area contributed by atoms with Crippen molar-refractivity contribution in [3.8, 4) is 0 Å². The first-order valence-corrected chi connectivity index (χ1v) is 5.74. The van der Waals surface area contributed by atoms with E-state index in [-0.39, 0.29) is 35.5 Å². The SMILES string of the molecule is [CH2]CCCC(CCCCCC)C(=O)O.[NaH]. The van der Waals surface area contributed by atoms with Crippen LogP contribution in [0.3, 0.4) is 0 Å². The Labute approximate surface area is 116 Å². The Kier molecular flexibility index (Phi) is 14.9. The van der Waals surface area contributed by atoms with Gasteiger partial charge in [0.2, 0.25) is 0 Å². The standard InChI is InChI=1S/C12H23O2.Na.H/c1-3-5-7-8-10-11(12(13)14)9-6-4-2;;/h11H,2-10H2,1H3,(H,13,14);;. The van der Waals surface area contributed by atoms with Crippen LogP contribution in [0.1, 0.15) is 58.3 Å². The van der Waals surface area contributed by atoms with Crippen molar-refractivity contribution in [2.75, 3.05) is 0 Å². The number of rotatable bonds is 9. The van der Waals surface area contributed by atoms with Crippen LogP contribution in [0, 0.1) is 12.8 Å². The van der Waals surface area contributed by atoms with Crippen LogP contribution in [0.5, 0.6) is 0 Å². The van der Waals surface area contributed by atoms with Crippen LogP contribution >= 0.6 is 0 Å². The number of hydrogen-bond acceptors (Lipinski definition) is 1. The average Bonchev–Trinajstić information content (AvgIpc) is 2.16. The maximum atomic E-state index is 10.8. The maximum absolute atomic E-state index is 10.8. The van der Waals surface area contributed by atoms with E-state index < -0.39 is 5.97 Å². The van der Waals surface area contributed by atoms with Crippen molar-refractivity contribution in [3.05, 3.63) is 6.92 Å². The molecule has 0 aromatic carbocycles. The van der Waals surface area contributed by atoms with Crippen LogP contribution in [-0.2, 0) is 4.79 Å². The minimum atomic E-state index is -0.630. The van der Waals surface area contributed by atoms with E-state index in [9.17, 15) is 4.79 Å². The van der Waals surface area contributed by atoms with Crippen molar-refractivity contribution in [2.24, 2.45) is 5.92 Å². The van der Waals surface area contributed by atoms with Crippen molar-refractivity contribution in [1.82, 2.24) is 0 Å². The second kappa shape index (κ2) is 12.5.